The zero-order chi connectivity index (χ0) is 11.8. The van der Waals surface area contributed by atoms with Crippen LogP contribution in [0.25, 0.3) is 0 Å². The Morgan fingerprint density at radius 1 is 1.56 bits per heavy atom. The SMILES string of the molecule is Nc1cc(C(=O)NC2(CO)CC2)ccc1F. The van der Waals surface area contributed by atoms with Crippen molar-refractivity contribution in [1.29, 1.82) is 0 Å². The Morgan fingerprint density at radius 2 is 2.25 bits per heavy atom. The fourth-order valence-corrected chi connectivity index (χ4v) is 1.47. The van der Waals surface area contributed by atoms with Crippen molar-refractivity contribution >= 4 is 11.6 Å². The molecule has 5 heteroatoms. The van der Waals surface area contributed by atoms with Gasteiger partial charge in [-0.3, -0.25) is 4.79 Å². The molecule has 0 aliphatic heterocycles. The Balaban J connectivity index is 2.12. The number of amides is 1. The molecule has 0 aromatic heterocycles. The summed E-state index contributed by atoms with van der Waals surface area (Å²) in [6.45, 7) is -0.0740. The van der Waals surface area contributed by atoms with E-state index in [0.29, 0.717) is 5.56 Å². The zero-order valence-electron chi connectivity index (χ0n) is 8.66. The molecule has 1 saturated carbocycles. The lowest BCUT2D eigenvalue weighted by molar-refractivity contribution is 0.0907. The molecule has 2 rings (SSSR count). The average molecular weight is 224 g/mol. The molecule has 1 aliphatic rings. The smallest absolute Gasteiger partial charge is 0.251 e. The van der Waals surface area contributed by atoms with E-state index in [0.717, 1.165) is 18.9 Å². The second-order valence-corrected chi connectivity index (χ2v) is 4.13. The maximum atomic E-state index is 12.9. The van der Waals surface area contributed by atoms with Crippen LogP contribution < -0.4 is 11.1 Å². The van der Waals surface area contributed by atoms with Crippen LogP contribution in [-0.2, 0) is 0 Å². The number of nitrogens with one attached hydrogen (secondary N) is 1. The highest BCUT2D eigenvalue weighted by atomic mass is 19.1. The van der Waals surface area contributed by atoms with Gasteiger partial charge in [0, 0.05) is 5.56 Å². The van der Waals surface area contributed by atoms with Crippen molar-refractivity contribution in [2.75, 3.05) is 12.3 Å². The number of aliphatic hydroxyl groups excluding tert-OH is 1. The highest BCUT2D eigenvalue weighted by Crippen LogP contribution is 2.34. The second-order valence-electron chi connectivity index (χ2n) is 4.13. The number of benzene rings is 1. The number of halogens is 1. The van der Waals surface area contributed by atoms with Crippen molar-refractivity contribution in [2.45, 2.75) is 18.4 Å². The third-order valence-electron chi connectivity index (χ3n) is 2.79. The minimum Gasteiger partial charge on any atom is -0.396 e. The molecule has 0 saturated heterocycles. The van der Waals surface area contributed by atoms with Crippen LogP contribution in [-0.4, -0.2) is 23.2 Å². The highest BCUT2D eigenvalue weighted by Gasteiger charge is 2.43. The van der Waals surface area contributed by atoms with Crippen LogP contribution in [0.5, 0.6) is 0 Å². The van der Waals surface area contributed by atoms with Gasteiger partial charge in [0.1, 0.15) is 5.82 Å². The minimum absolute atomic E-state index is 0.0542. The third kappa shape index (κ3) is 1.99. The number of aliphatic hydroxyl groups is 1. The molecule has 4 N–H and O–H groups in total. The highest BCUT2D eigenvalue weighted by molar-refractivity contribution is 5.95. The molecular weight excluding hydrogens is 211 g/mol. The van der Waals surface area contributed by atoms with Gasteiger partial charge < -0.3 is 16.2 Å². The molecule has 1 amide bonds. The molecular formula is C11H13FN2O2. The van der Waals surface area contributed by atoms with E-state index in [9.17, 15) is 9.18 Å². The molecule has 1 fully saturated rings. The van der Waals surface area contributed by atoms with Gasteiger partial charge >= 0.3 is 0 Å². The number of carbonyl (C=O) groups is 1. The van der Waals surface area contributed by atoms with Crippen LogP contribution in [0.3, 0.4) is 0 Å². The van der Waals surface area contributed by atoms with Crippen molar-refractivity contribution in [3.05, 3.63) is 29.6 Å². The number of nitrogens with two attached hydrogens (primary N) is 1. The number of nitrogen functional groups attached to an aromatic ring is 1. The van der Waals surface area contributed by atoms with Crippen LogP contribution in [0.15, 0.2) is 18.2 Å². The Kier molecular flexibility index (Phi) is 2.55. The van der Waals surface area contributed by atoms with Crippen LogP contribution in [0.4, 0.5) is 10.1 Å². The van der Waals surface area contributed by atoms with Gasteiger partial charge in [0.15, 0.2) is 0 Å². The Bertz CT molecular complexity index is 430. The number of carbonyl (C=O) groups excluding carboxylic acids is 1. The molecule has 0 bridgehead atoms. The van der Waals surface area contributed by atoms with Gasteiger partial charge in [0.2, 0.25) is 0 Å². The van der Waals surface area contributed by atoms with Crippen molar-refractivity contribution < 1.29 is 14.3 Å². The van der Waals surface area contributed by atoms with Crippen molar-refractivity contribution in [3.63, 3.8) is 0 Å². The van der Waals surface area contributed by atoms with Gasteiger partial charge in [-0.15, -0.1) is 0 Å². The van der Waals surface area contributed by atoms with E-state index in [4.69, 9.17) is 10.8 Å². The predicted octanol–water partition coefficient (Wildman–Crippen LogP) is 0.663. The molecule has 1 aromatic carbocycles. The average Bonchev–Trinajstić information content (AvgIpc) is 3.02. The Labute approximate surface area is 92.3 Å². The molecule has 4 nitrogen and oxygen atoms in total. The fourth-order valence-electron chi connectivity index (χ4n) is 1.47. The summed E-state index contributed by atoms with van der Waals surface area (Å²) in [7, 11) is 0. The van der Waals surface area contributed by atoms with Crippen LogP contribution in [0, 0.1) is 5.82 Å². The van der Waals surface area contributed by atoms with Gasteiger partial charge in [-0.2, -0.15) is 0 Å². The van der Waals surface area contributed by atoms with E-state index in [-0.39, 0.29) is 18.2 Å². The maximum Gasteiger partial charge on any atom is 0.251 e. The second kappa shape index (κ2) is 3.75. The van der Waals surface area contributed by atoms with Crippen LogP contribution in [0.2, 0.25) is 0 Å². The molecule has 0 heterocycles. The monoisotopic (exact) mass is 224 g/mol. The minimum atomic E-state index is -0.542. The van der Waals surface area contributed by atoms with E-state index in [1.165, 1.54) is 12.1 Å². The lowest BCUT2D eigenvalue weighted by atomic mass is 10.1. The van der Waals surface area contributed by atoms with Crippen molar-refractivity contribution in [3.8, 4) is 0 Å². The van der Waals surface area contributed by atoms with E-state index in [1.807, 2.05) is 0 Å². The molecule has 86 valence electrons. The van der Waals surface area contributed by atoms with E-state index < -0.39 is 11.4 Å². The topological polar surface area (TPSA) is 75.4 Å². The fraction of sp³-hybridized carbons (Fsp3) is 0.364. The van der Waals surface area contributed by atoms with E-state index >= 15 is 0 Å². The van der Waals surface area contributed by atoms with Gasteiger partial charge in [0.05, 0.1) is 17.8 Å². The lowest BCUT2D eigenvalue weighted by Gasteiger charge is -2.14. The summed E-state index contributed by atoms with van der Waals surface area (Å²) in [5.41, 5.74) is 5.14. The quantitative estimate of drug-likeness (QED) is 0.660. The van der Waals surface area contributed by atoms with E-state index in [2.05, 4.69) is 5.32 Å². The lowest BCUT2D eigenvalue weighted by Crippen LogP contribution is -2.39. The van der Waals surface area contributed by atoms with Crippen LogP contribution >= 0.6 is 0 Å². The molecule has 0 unspecified atom stereocenters. The summed E-state index contributed by atoms with van der Waals surface area (Å²) >= 11 is 0. The molecule has 1 aromatic rings. The molecule has 1 aliphatic carbocycles. The standard InChI is InChI=1S/C11H13FN2O2/c12-8-2-1-7(5-9(8)13)10(16)14-11(6-15)3-4-11/h1-2,5,15H,3-4,6,13H2,(H,14,16). The van der Waals surface area contributed by atoms with Gasteiger partial charge in [-0.25, -0.2) is 4.39 Å². The number of hydrogen-bond donors (Lipinski definition) is 3. The normalized spacial score (nSPS) is 16.9. The summed E-state index contributed by atoms with van der Waals surface area (Å²) in [5, 5.41) is 11.8. The molecule has 0 atom stereocenters. The summed E-state index contributed by atoms with van der Waals surface area (Å²) in [4.78, 5) is 11.7. The largest absolute Gasteiger partial charge is 0.396 e. The molecule has 16 heavy (non-hydrogen) atoms. The first kappa shape index (κ1) is 10.9. The first-order valence-corrected chi connectivity index (χ1v) is 5.05. The van der Waals surface area contributed by atoms with E-state index in [1.54, 1.807) is 0 Å². The predicted molar refractivity (Wildman–Crippen MR) is 57.3 cm³/mol. The maximum absolute atomic E-state index is 12.9. The third-order valence-corrected chi connectivity index (χ3v) is 2.79. The first-order chi connectivity index (χ1) is 7.56. The number of anilines is 1. The Hall–Kier alpha value is -1.62. The van der Waals surface area contributed by atoms with Gasteiger partial charge in [0.25, 0.3) is 5.91 Å². The van der Waals surface area contributed by atoms with Crippen molar-refractivity contribution in [1.82, 2.24) is 5.32 Å². The summed E-state index contributed by atoms with van der Waals surface area (Å²) in [6.07, 6.45) is 1.54. The van der Waals surface area contributed by atoms with Gasteiger partial charge in [-0.05, 0) is 31.0 Å². The van der Waals surface area contributed by atoms with Crippen LogP contribution in [0.1, 0.15) is 23.2 Å². The Morgan fingerprint density at radius 3 is 2.75 bits per heavy atom. The summed E-state index contributed by atoms with van der Waals surface area (Å²) in [5.74, 6) is -0.877. The molecule has 0 radical (unpaired) electrons. The zero-order valence-corrected chi connectivity index (χ0v) is 8.66. The number of rotatable bonds is 3. The first-order valence-electron chi connectivity index (χ1n) is 5.05. The number of hydrogen-bond acceptors (Lipinski definition) is 3. The molecule has 0 spiro atoms. The summed E-state index contributed by atoms with van der Waals surface area (Å²) < 4.78 is 12.9. The summed E-state index contributed by atoms with van der Waals surface area (Å²) in [6, 6.07) is 3.81. The van der Waals surface area contributed by atoms with Crippen molar-refractivity contribution in [2.24, 2.45) is 0 Å². The van der Waals surface area contributed by atoms with Gasteiger partial charge in [-0.1, -0.05) is 0 Å².